The molecule has 1 aromatic heterocycles. The molecule has 6 nitrogen and oxygen atoms in total. The zero-order valence-corrected chi connectivity index (χ0v) is 13.3. The van der Waals surface area contributed by atoms with Crippen molar-refractivity contribution in [3.05, 3.63) is 51.2 Å². The molecular formula is C16H19FN4O2. The van der Waals surface area contributed by atoms with Crippen LogP contribution in [0.25, 0.3) is 0 Å². The Kier molecular flexibility index (Phi) is 4.78. The number of nitrogen functional groups attached to an aromatic ring is 1. The lowest BCUT2D eigenvalue weighted by Crippen LogP contribution is -2.32. The summed E-state index contributed by atoms with van der Waals surface area (Å²) in [6.07, 6.45) is 0.584. The van der Waals surface area contributed by atoms with Crippen LogP contribution in [0.3, 0.4) is 0 Å². The van der Waals surface area contributed by atoms with Gasteiger partial charge in [-0.05, 0) is 38.0 Å². The standard InChI is InChI=1S/C16H19FN4O2/c1-4-12-10(3)15(23)21(16(18)20-12)8-14(22)19-13-7-11(17)6-5-9(13)2/h5-7H,4,8H2,1-3H3,(H2,18,20)(H,19,22). The Morgan fingerprint density at radius 2 is 2.09 bits per heavy atom. The molecule has 0 fully saturated rings. The molecule has 0 atom stereocenters. The molecule has 3 N–H and O–H groups in total. The number of nitrogens with two attached hydrogens (primary N) is 1. The summed E-state index contributed by atoms with van der Waals surface area (Å²) in [7, 11) is 0. The van der Waals surface area contributed by atoms with Crippen LogP contribution in [0.15, 0.2) is 23.0 Å². The SMILES string of the molecule is CCc1nc(N)n(CC(=O)Nc2cc(F)ccc2C)c(=O)c1C. The van der Waals surface area contributed by atoms with Gasteiger partial charge in [-0.2, -0.15) is 0 Å². The average molecular weight is 318 g/mol. The van der Waals surface area contributed by atoms with Crippen LogP contribution in [0, 0.1) is 19.7 Å². The van der Waals surface area contributed by atoms with Gasteiger partial charge in [0.15, 0.2) is 0 Å². The molecule has 0 spiro atoms. The zero-order valence-electron chi connectivity index (χ0n) is 13.3. The number of benzene rings is 1. The largest absolute Gasteiger partial charge is 0.369 e. The molecule has 0 saturated heterocycles. The van der Waals surface area contributed by atoms with Gasteiger partial charge < -0.3 is 11.1 Å². The Morgan fingerprint density at radius 3 is 2.74 bits per heavy atom. The maximum Gasteiger partial charge on any atom is 0.258 e. The highest BCUT2D eigenvalue weighted by Gasteiger charge is 2.14. The van der Waals surface area contributed by atoms with Crippen molar-refractivity contribution in [1.29, 1.82) is 0 Å². The fraction of sp³-hybridized carbons (Fsp3) is 0.312. The number of nitrogens with one attached hydrogen (secondary N) is 1. The molecule has 1 heterocycles. The monoisotopic (exact) mass is 318 g/mol. The van der Waals surface area contributed by atoms with E-state index in [0.717, 1.165) is 10.1 Å². The smallest absolute Gasteiger partial charge is 0.258 e. The van der Waals surface area contributed by atoms with Gasteiger partial charge in [0.05, 0.1) is 5.69 Å². The molecule has 0 unspecified atom stereocenters. The zero-order chi connectivity index (χ0) is 17.1. The number of anilines is 2. The first-order chi connectivity index (χ1) is 10.8. The number of hydrogen-bond donors (Lipinski definition) is 2. The quantitative estimate of drug-likeness (QED) is 0.899. The molecular weight excluding hydrogens is 299 g/mol. The minimum Gasteiger partial charge on any atom is -0.369 e. The number of nitrogens with zero attached hydrogens (tertiary/aromatic N) is 2. The van der Waals surface area contributed by atoms with Crippen molar-refractivity contribution >= 4 is 17.5 Å². The minimum atomic E-state index is -0.474. The van der Waals surface area contributed by atoms with Crippen LogP contribution in [-0.4, -0.2) is 15.5 Å². The summed E-state index contributed by atoms with van der Waals surface area (Å²) in [6, 6.07) is 4.10. The van der Waals surface area contributed by atoms with E-state index in [0.29, 0.717) is 23.4 Å². The molecule has 2 aromatic rings. The van der Waals surface area contributed by atoms with E-state index in [1.807, 2.05) is 6.92 Å². The van der Waals surface area contributed by atoms with Crippen molar-refractivity contribution < 1.29 is 9.18 Å². The van der Waals surface area contributed by atoms with Gasteiger partial charge in [-0.1, -0.05) is 13.0 Å². The van der Waals surface area contributed by atoms with E-state index in [9.17, 15) is 14.0 Å². The lowest BCUT2D eigenvalue weighted by atomic mass is 10.2. The van der Waals surface area contributed by atoms with Gasteiger partial charge in [-0.15, -0.1) is 0 Å². The fourth-order valence-corrected chi connectivity index (χ4v) is 2.27. The third-order valence-electron chi connectivity index (χ3n) is 3.64. The number of amides is 1. The van der Waals surface area contributed by atoms with Crippen molar-refractivity contribution in [2.45, 2.75) is 33.7 Å². The fourth-order valence-electron chi connectivity index (χ4n) is 2.27. The predicted octanol–water partition coefficient (Wildman–Crippen LogP) is 1.78. The average Bonchev–Trinajstić information content (AvgIpc) is 2.51. The van der Waals surface area contributed by atoms with Crippen molar-refractivity contribution in [2.75, 3.05) is 11.1 Å². The van der Waals surface area contributed by atoms with E-state index < -0.39 is 11.7 Å². The molecule has 0 aliphatic rings. The third kappa shape index (κ3) is 3.56. The van der Waals surface area contributed by atoms with E-state index in [1.54, 1.807) is 19.9 Å². The van der Waals surface area contributed by atoms with Crippen LogP contribution in [0.4, 0.5) is 16.0 Å². The Labute approximate surface area is 133 Å². The molecule has 7 heteroatoms. The first kappa shape index (κ1) is 16.7. The van der Waals surface area contributed by atoms with Crippen LogP contribution in [-0.2, 0) is 17.8 Å². The van der Waals surface area contributed by atoms with E-state index in [1.165, 1.54) is 12.1 Å². The van der Waals surface area contributed by atoms with Gasteiger partial charge in [0, 0.05) is 11.3 Å². The van der Waals surface area contributed by atoms with E-state index >= 15 is 0 Å². The van der Waals surface area contributed by atoms with Crippen molar-refractivity contribution in [3.8, 4) is 0 Å². The first-order valence-corrected chi connectivity index (χ1v) is 7.25. The molecule has 0 bridgehead atoms. The summed E-state index contributed by atoms with van der Waals surface area (Å²) < 4.78 is 14.4. The number of aryl methyl sites for hydroxylation is 2. The first-order valence-electron chi connectivity index (χ1n) is 7.25. The van der Waals surface area contributed by atoms with E-state index in [-0.39, 0.29) is 18.1 Å². The minimum absolute atomic E-state index is 0.0106. The lowest BCUT2D eigenvalue weighted by molar-refractivity contribution is -0.116. The van der Waals surface area contributed by atoms with E-state index in [4.69, 9.17) is 5.73 Å². The van der Waals surface area contributed by atoms with Crippen molar-refractivity contribution in [1.82, 2.24) is 9.55 Å². The highest BCUT2D eigenvalue weighted by atomic mass is 19.1. The molecule has 122 valence electrons. The van der Waals surface area contributed by atoms with Gasteiger partial charge in [-0.3, -0.25) is 14.2 Å². The highest BCUT2D eigenvalue weighted by Crippen LogP contribution is 2.16. The maximum atomic E-state index is 13.3. The van der Waals surface area contributed by atoms with Crippen molar-refractivity contribution in [2.24, 2.45) is 0 Å². The highest BCUT2D eigenvalue weighted by molar-refractivity contribution is 5.91. The van der Waals surface area contributed by atoms with Gasteiger partial charge in [0.2, 0.25) is 11.9 Å². The molecule has 23 heavy (non-hydrogen) atoms. The van der Waals surface area contributed by atoms with Crippen LogP contribution >= 0.6 is 0 Å². The molecule has 1 aromatic carbocycles. The Balaban J connectivity index is 2.26. The molecule has 1 amide bonds. The molecule has 0 aliphatic heterocycles. The lowest BCUT2D eigenvalue weighted by Gasteiger charge is -2.13. The van der Waals surface area contributed by atoms with Crippen LogP contribution < -0.4 is 16.6 Å². The van der Waals surface area contributed by atoms with Gasteiger partial charge in [-0.25, -0.2) is 9.37 Å². The Bertz CT molecular complexity index is 814. The number of carbonyl (C=O) groups is 1. The van der Waals surface area contributed by atoms with Crippen LogP contribution in [0.2, 0.25) is 0 Å². The second-order valence-electron chi connectivity index (χ2n) is 5.29. The summed E-state index contributed by atoms with van der Waals surface area (Å²) in [4.78, 5) is 28.6. The Morgan fingerprint density at radius 1 is 1.39 bits per heavy atom. The predicted molar refractivity (Wildman–Crippen MR) is 86.8 cm³/mol. The Hall–Kier alpha value is -2.70. The number of aromatic nitrogens is 2. The third-order valence-corrected chi connectivity index (χ3v) is 3.64. The maximum absolute atomic E-state index is 13.3. The summed E-state index contributed by atoms with van der Waals surface area (Å²) in [5.41, 5.74) is 7.59. The van der Waals surface area contributed by atoms with Gasteiger partial charge in [0.1, 0.15) is 12.4 Å². The second kappa shape index (κ2) is 6.60. The summed E-state index contributed by atoms with van der Waals surface area (Å²) in [5.74, 6) is -0.936. The summed E-state index contributed by atoms with van der Waals surface area (Å²) >= 11 is 0. The molecule has 0 aliphatic carbocycles. The topological polar surface area (TPSA) is 90.0 Å². The van der Waals surface area contributed by atoms with Crippen LogP contribution in [0.5, 0.6) is 0 Å². The number of hydrogen-bond acceptors (Lipinski definition) is 4. The molecule has 2 rings (SSSR count). The second-order valence-corrected chi connectivity index (χ2v) is 5.29. The van der Waals surface area contributed by atoms with Crippen molar-refractivity contribution in [3.63, 3.8) is 0 Å². The van der Waals surface area contributed by atoms with Gasteiger partial charge >= 0.3 is 0 Å². The summed E-state index contributed by atoms with van der Waals surface area (Å²) in [5, 5.41) is 2.58. The molecule has 0 saturated carbocycles. The van der Waals surface area contributed by atoms with Crippen LogP contribution in [0.1, 0.15) is 23.7 Å². The summed E-state index contributed by atoms with van der Waals surface area (Å²) in [6.45, 7) is 4.99. The normalized spacial score (nSPS) is 10.6. The van der Waals surface area contributed by atoms with E-state index in [2.05, 4.69) is 10.3 Å². The number of rotatable bonds is 4. The molecule has 0 radical (unpaired) electrons. The number of halogens is 1. The number of carbonyl (C=O) groups excluding carboxylic acids is 1. The van der Waals surface area contributed by atoms with Gasteiger partial charge in [0.25, 0.3) is 5.56 Å².